The lowest BCUT2D eigenvalue weighted by atomic mass is 10.1. The average molecular weight is 297 g/mol. The Bertz CT molecular complexity index is 615. The van der Waals surface area contributed by atoms with Crippen LogP contribution in [0.4, 0.5) is 13.2 Å². The van der Waals surface area contributed by atoms with Gasteiger partial charge in [-0.3, -0.25) is 0 Å². The Labute approximate surface area is 120 Å². The minimum atomic E-state index is -4.35. The van der Waals surface area contributed by atoms with E-state index in [1.54, 1.807) is 29.8 Å². The van der Waals surface area contributed by atoms with E-state index in [1.165, 1.54) is 12.1 Å². The second-order valence-electron chi connectivity index (χ2n) is 4.44. The van der Waals surface area contributed by atoms with E-state index in [-0.39, 0.29) is 6.61 Å². The Balaban J connectivity index is 2.16. The van der Waals surface area contributed by atoms with E-state index in [0.717, 1.165) is 12.1 Å². The molecule has 112 valence electrons. The zero-order valence-corrected chi connectivity index (χ0v) is 11.4. The molecule has 21 heavy (non-hydrogen) atoms. The van der Waals surface area contributed by atoms with Gasteiger partial charge in [0.15, 0.2) is 0 Å². The lowest BCUT2D eigenvalue weighted by Gasteiger charge is -2.10. The van der Waals surface area contributed by atoms with Crippen LogP contribution in [0, 0.1) is 0 Å². The van der Waals surface area contributed by atoms with Crippen LogP contribution in [0.25, 0.3) is 0 Å². The van der Waals surface area contributed by atoms with Gasteiger partial charge in [0.1, 0.15) is 5.69 Å². The van der Waals surface area contributed by atoms with Crippen LogP contribution >= 0.6 is 0 Å². The molecule has 6 heteroatoms. The number of alkyl halides is 3. The van der Waals surface area contributed by atoms with Gasteiger partial charge >= 0.3 is 12.1 Å². The molecule has 0 bridgehead atoms. The number of carbonyl (C=O) groups is 1. The van der Waals surface area contributed by atoms with Gasteiger partial charge in [-0.15, -0.1) is 0 Å². The minimum Gasteiger partial charge on any atom is -0.461 e. The maximum absolute atomic E-state index is 12.5. The summed E-state index contributed by atoms with van der Waals surface area (Å²) in [5.74, 6) is -0.450. The van der Waals surface area contributed by atoms with Crippen molar-refractivity contribution in [2.75, 3.05) is 6.61 Å². The molecule has 1 aromatic carbocycles. The Kier molecular flexibility index (Phi) is 4.35. The van der Waals surface area contributed by atoms with Gasteiger partial charge in [-0.05, 0) is 36.8 Å². The number of benzene rings is 1. The van der Waals surface area contributed by atoms with Crippen LogP contribution in [0.5, 0.6) is 0 Å². The van der Waals surface area contributed by atoms with Crippen molar-refractivity contribution >= 4 is 5.97 Å². The summed E-state index contributed by atoms with van der Waals surface area (Å²) in [7, 11) is 0. The van der Waals surface area contributed by atoms with Gasteiger partial charge in [0.25, 0.3) is 0 Å². The van der Waals surface area contributed by atoms with Gasteiger partial charge < -0.3 is 9.30 Å². The maximum atomic E-state index is 12.5. The number of aromatic nitrogens is 1. The Hall–Kier alpha value is -2.24. The summed E-state index contributed by atoms with van der Waals surface area (Å²) in [4.78, 5) is 11.7. The van der Waals surface area contributed by atoms with E-state index < -0.39 is 17.7 Å². The standard InChI is InChI=1S/C15H14F3NO2/c1-2-21-14(20)13-4-3-9-19(13)10-11-5-7-12(8-6-11)15(16,17)18/h3-9H,2,10H2,1H3. The highest BCUT2D eigenvalue weighted by molar-refractivity contribution is 5.87. The summed E-state index contributed by atoms with van der Waals surface area (Å²) in [5.41, 5.74) is 0.353. The molecular formula is C15H14F3NO2. The van der Waals surface area contributed by atoms with Crippen LogP contribution in [0.2, 0.25) is 0 Å². The van der Waals surface area contributed by atoms with Crippen LogP contribution in [0.1, 0.15) is 28.5 Å². The first-order valence-electron chi connectivity index (χ1n) is 6.40. The normalized spacial score (nSPS) is 11.4. The first kappa shape index (κ1) is 15.2. The molecule has 0 amide bonds. The summed E-state index contributed by atoms with van der Waals surface area (Å²) in [6.45, 7) is 2.28. The van der Waals surface area contributed by atoms with Crippen molar-refractivity contribution in [1.82, 2.24) is 4.57 Å². The second-order valence-corrected chi connectivity index (χ2v) is 4.44. The van der Waals surface area contributed by atoms with Gasteiger partial charge in [-0.1, -0.05) is 12.1 Å². The van der Waals surface area contributed by atoms with E-state index in [9.17, 15) is 18.0 Å². The molecule has 0 spiro atoms. The number of esters is 1. The van der Waals surface area contributed by atoms with E-state index >= 15 is 0 Å². The van der Waals surface area contributed by atoms with Gasteiger partial charge in [0, 0.05) is 12.7 Å². The zero-order chi connectivity index (χ0) is 15.5. The van der Waals surface area contributed by atoms with E-state index in [2.05, 4.69) is 0 Å². The minimum absolute atomic E-state index is 0.268. The van der Waals surface area contributed by atoms with Gasteiger partial charge in [0.05, 0.1) is 12.2 Å². The average Bonchev–Trinajstić information content (AvgIpc) is 2.87. The SMILES string of the molecule is CCOC(=O)c1cccn1Cc1ccc(C(F)(F)F)cc1. The molecule has 2 rings (SSSR count). The highest BCUT2D eigenvalue weighted by atomic mass is 19.4. The second kappa shape index (κ2) is 6.03. The van der Waals surface area contributed by atoms with Crippen molar-refractivity contribution in [2.45, 2.75) is 19.6 Å². The molecule has 0 fully saturated rings. The van der Waals surface area contributed by atoms with E-state index in [1.807, 2.05) is 0 Å². The fourth-order valence-corrected chi connectivity index (χ4v) is 1.94. The maximum Gasteiger partial charge on any atom is 0.416 e. The van der Waals surface area contributed by atoms with Gasteiger partial charge in [-0.2, -0.15) is 13.2 Å². The Morgan fingerprint density at radius 3 is 2.43 bits per heavy atom. The molecule has 0 saturated heterocycles. The predicted molar refractivity (Wildman–Crippen MR) is 70.9 cm³/mol. The van der Waals surface area contributed by atoms with Gasteiger partial charge in [-0.25, -0.2) is 4.79 Å². The summed E-state index contributed by atoms with van der Waals surface area (Å²) in [6, 6.07) is 8.17. The Morgan fingerprint density at radius 1 is 1.19 bits per heavy atom. The number of hydrogen-bond donors (Lipinski definition) is 0. The summed E-state index contributed by atoms with van der Waals surface area (Å²) >= 11 is 0. The molecule has 3 nitrogen and oxygen atoms in total. The number of hydrogen-bond acceptors (Lipinski definition) is 2. The van der Waals surface area contributed by atoms with Crippen LogP contribution in [0.15, 0.2) is 42.6 Å². The molecule has 0 aliphatic rings. The smallest absolute Gasteiger partial charge is 0.416 e. The molecule has 2 aromatic rings. The van der Waals surface area contributed by atoms with Crippen molar-refractivity contribution in [1.29, 1.82) is 0 Å². The zero-order valence-electron chi connectivity index (χ0n) is 11.4. The van der Waals surface area contributed by atoms with Crippen LogP contribution in [0.3, 0.4) is 0 Å². The third-order valence-electron chi connectivity index (χ3n) is 2.95. The van der Waals surface area contributed by atoms with E-state index in [0.29, 0.717) is 17.8 Å². The first-order valence-corrected chi connectivity index (χ1v) is 6.40. The fraction of sp³-hybridized carbons (Fsp3) is 0.267. The van der Waals surface area contributed by atoms with Crippen molar-refractivity contribution < 1.29 is 22.7 Å². The lowest BCUT2D eigenvalue weighted by molar-refractivity contribution is -0.137. The third-order valence-corrected chi connectivity index (χ3v) is 2.95. The molecule has 0 saturated carbocycles. The monoisotopic (exact) mass is 297 g/mol. The van der Waals surface area contributed by atoms with Crippen LogP contribution < -0.4 is 0 Å². The molecule has 0 unspecified atom stereocenters. The van der Waals surface area contributed by atoms with Crippen molar-refractivity contribution in [3.8, 4) is 0 Å². The topological polar surface area (TPSA) is 31.2 Å². The third kappa shape index (κ3) is 3.65. The van der Waals surface area contributed by atoms with Crippen molar-refractivity contribution in [3.63, 3.8) is 0 Å². The number of carbonyl (C=O) groups excluding carboxylic acids is 1. The van der Waals surface area contributed by atoms with Crippen molar-refractivity contribution in [3.05, 3.63) is 59.4 Å². The molecular weight excluding hydrogens is 283 g/mol. The van der Waals surface area contributed by atoms with Crippen LogP contribution in [-0.4, -0.2) is 17.1 Å². The highest BCUT2D eigenvalue weighted by Gasteiger charge is 2.29. The molecule has 0 radical (unpaired) electrons. The van der Waals surface area contributed by atoms with Gasteiger partial charge in [0.2, 0.25) is 0 Å². The molecule has 0 atom stereocenters. The lowest BCUT2D eigenvalue weighted by Crippen LogP contribution is -2.12. The number of ether oxygens (including phenoxy) is 1. The summed E-state index contributed by atoms with van der Waals surface area (Å²) in [6.07, 6.45) is -2.66. The fourth-order valence-electron chi connectivity index (χ4n) is 1.94. The number of nitrogens with zero attached hydrogens (tertiary/aromatic N) is 1. The molecule has 0 aliphatic heterocycles. The van der Waals surface area contributed by atoms with E-state index in [4.69, 9.17) is 4.74 Å². The summed E-state index contributed by atoms with van der Waals surface area (Å²) in [5, 5.41) is 0. The Morgan fingerprint density at radius 2 is 1.86 bits per heavy atom. The quantitative estimate of drug-likeness (QED) is 0.805. The predicted octanol–water partition coefficient (Wildman–Crippen LogP) is 3.73. The largest absolute Gasteiger partial charge is 0.461 e. The molecule has 1 aromatic heterocycles. The summed E-state index contributed by atoms with van der Waals surface area (Å²) < 4.78 is 44.0. The van der Waals surface area contributed by atoms with Crippen LogP contribution in [-0.2, 0) is 17.5 Å². The first-order chi connectivity index (χ1) is 9.91. The molecule has 0 aliphatic carbocycles. The number of rotatable bonds is 4. The van der Waals surface area contributed by atoms with Crippen molar-refractivity contribution in [2.24, 2.45) is 0 Å². The number of halogens is 3. The highest BCUT2D eigenvalue weighted by Crippen LogP contribution is 2.29. The molecule has 0 N–H and O–H groups in total. The molecule has 1 heterocycles.